The summed E-state index contributed by atoms with van der Waals surface area (Å²) in [5.74, 6) is -5.14. The summed E-state index contributed by atoms with van der Waals surface area (Å²) in [5, 5.41) is 16.0. The van der Waals surface area contributed by atoms with Crippen LogP contribution in [0.4, 0.5) is 5.13 Å². The Bertz CT molecular complexity index is 1070. The van der Waals surface area contributed by atoms with Gasteiger partial charge in [0.2, 0.25) is 5.60 Å². The van der Waals surface area contributed by atoms with E-state index in [2.05, 4.69) is 20.2 Å². The third-order valence-electron chi connectivity index (χ3n) is 3.89. The topological polar surface area (TPSA) is 228 Å². The second-order valence-corrected chi connectivity index (χ2v) is 8.63. The number of esters is 1. The van der Waals surface area contributed by atoms with Crippen LogP contribution in [0.25, 0.3) is 0 Å². The second-order valence-electron chi connectivity index (χ2n) is 6.45. The molecule has 1 fully saturated rings. The van der Waals surface area contributed by atoms with Crippen LogP contribution in [-0.2, 0) is 39.1 Å². The number of ether oxygens (including phenoxy) is 1. The van der Waals surface area contributed by atoms with E-state index in [0.29, 0.717) is 0 Å². The molecule has 2 heterocycles. The van der Waals surface area contributed by atoms with Crippen LogP contribution in [0.15, 0.2) is 10.5 Å². The zero-order valence-corrected chi connectivity index (χ0v) is 17.8. The number of carboxylic acids is 1. The molecule has 1 aliphatic rings. The van der Waals surface area contributed by atoms with Crippen molar-refractivity contribution >= 4 is 115 Å². The van der Waals surface area contributed by atoms with E-state index in [4.69, 9.17) is 20.2 Å². The van der Waals surface area contributed by atoms with Gasteiger partial charge in [-0.3, -0.25) is 14.1 Å². The fourth-order valence-corrected chi connectivity index (χ4v) is 3.61. The van der Waals surface area contributed by atoms with E-state index in [1.54, 1.807) is 0 Å². The number of β-lactam (4-membered cyclic amide) rings is 1. The number of rotatable bonds is 8. The fraction of sp³-hybridized carbons (Fsp3) is 0.429. The molecule has 33 heavy (non-hydrogen) atoms. The van der Waals surface area contributed by atoms with Crippen LogP contribution in [0, 0.1) is 0 Å². The number of anilines is 1. The van der Waals surface area contributed by atoms with Gasteiger partial charge in [0.25, 0.3) is 11.8 Å². The van der Waals surface area contributed by atoms with Gasteiger partial charge in [-0.15, -0.1) is 11.3 Å². The predicted octanol–water partition coefficient (Wildman–Crippen LogP) is -3.32. The molecule has 19 heteroatoms. The minimum absolute atomic E-state index is 0. The quantitative estimate of drug-likeness (QED) is 0.0650. The summed E-state index contributed by atoms with van der Waals surface area (Å²) in [6, 6.07) is -3.62. The first-order valence-electron chi connectivity index (χ1n) is 8.11. The molecule has 5 N–H and O–H groups in total. The van der Waals surface area contributed by atoms with E-state index in [1.807, 2.05) is 0 Å². The maximum absolute atomic E-state index is 12.7. The molecule has 1 aromatic heterocycles. The van der Waals surface area contributed by atoms with E-state index in [1.165, 1.54) is 5.38 Å². The van der Waals surface area contributed by atoms with Crippen LogP contribution in [0.3, 0.4) is 0 Å². The van der Waals surface area contributed by atoms with Crippen molar-refractivity contribution in [3.8, 4) is 0 Å². The molecule has 0 spiro atoms. The summed E-state index contributed by atoms with van der Waals surface area (Å²) < 4.78 is 36.0. The standard InChI is InChI=1S/C14H17N5O10S2.2Na.2H/c1-14(2,12(23)24)29-18-6(5-4-30-13(15)16-5)9(20)17-7-8(11(22)28-3)19(10(7)21)31(25,26)27;;;;/h4,7-8H,1-3H3,(H2,15,16)(H,17,20)(H,23,24)(H,25,26,27);;;;/b18-6-;;;;/t7-,8+;;;;/m1..../s1. The molecular formula is C14H19N5Na2O10S2. The molecule has 0 aromatic carbocycles. The number of nitrogens with one attached hydrogen (secondary N) is 1. The van der Waals surface area contributed by atoms with Crippen molar-refractivity contribution in [1.82, 2.24) is 14.6 Å². The first-order chi connectivity index (χ1) is 14.2. The summed E-state index contributed by atoms with van der Waals surface area (Å²) in [6.07, 6.45) is 0. The number of aromatic nitrogens is 1. The van der Waals surface area contributed by atoms with Crippen molar-refractivity contribution in [3.05, 3.63) is 11.1 Å². The zero-order chi connectivity index (χ0) is 23.7. The predicted molar refractivity (Wildman–Crippen MR) is 116 cm³/mol. The van der Waals surface area contributed by atoms with Gasteiger partial charge in [0.05, 0.1) is 7.11 Å². The Hall–Kier alpha value is -1.31. The Kier molecular flexibility index (Phi) is 11.4. The van der Waals surface area contributed by atoms with E-state index in [9.17, 15) is 27.6 Å². The normalized spacial score (nSPS) is 18.2. The van der Waals surface area contributed by atoms with Crippen molar-refractivity contribution in [2.45, 2.75) is 31.5 Å². The summed E-state index contributed by atoms with van der Waals surface area (Å²) in [4.78, 5) is 56.6. The number of hydrogen-bond acceptors (Lipinski definition) is 12. The molecule has 0 aliphatic carbocycles. The number of methoxy groups -OCH3 is 1. The third kappa shape index (κ3) is 7.09. The van der Waals surface area contributed by atoms with Crippen LogP contribution >= 0.6 is 11.3 Å². The summed E-state index contributed by atoms with van der Waals surface area (Å²) in [6.45, 7) is 2.30. The van der Waals surface area contributed by atoms with E-state index >= 15 is 0 Å². The van der Waals surface area contributed by atoms with E-state index in [0.717, 1.165) is 32.3 Å². The summed E-state index contributed by atoms with van der Waals surface area (Å²) in [7, 11) is -4.21. The van der Waals surface area contributed by atoms with E-state index in [-0.39, 0.29) is 74.2 Å². The molecule has 1 saturated heterocycles. The number of thiazole rings is 1. The number of nitrogens with zero attached hydrogens (tertiary/aromatic N) is 3. The van der Waals surface area contributed by atoms with Gasteiger partial charge < -0.3 is 25.7 Å². The number of carbonyl (C=O) groups is 4. The van der Waals surface area contributed by atoms with Crippen LogP contribution in [0.5, 0.6) is 0 Å². The number of amides is 2. The van der Waals surface area contributed by atoms with Gasteiger partial charge in [0, 0.05) is 5.38 Å². The first kappa shape index (κ1) is 31.7. The van der Waals surface area contributed by atoms with Crippen molar-refractivity contribution in [1.29, 1.82) is 0 Å². The molecule has 0 bridgehead atoms. The Morgan fingerprint density at radius 3 is 2.33 bits per heavy atom. The zero-order valence-electron chi connectivity index (χ0n) is 16.1. The van der Waals surface area contributed by atoms with Gasteiger partial charge >= 0.3 is 81.4 Å². The first-order valence-corrected chi connectivity index (χ1v) is 10.4. The molecule has 2 rings (SSSR count). The molecule has 0 radical (unpaired) electrons. The summed E-state index contributed by atoms with van der Waals surface area (Å²) >= 11 is 0.914. The molecule has 1 aromatic rings. The average Bonchev–Trinajstić information content (AvgIpc) is 3.07. The second kappa shape index (κ2) is 11.9. The molecule has 2 atom stereocenters. The van der Waals surface area contributed by atoms with Gasteiger partial charge in [0.1, 0.15) is 11.7 Å². The van der Waals surface area contributed by atoms with Crippen LogP contribution in [-0.4, -0.2) is 141 Å². The van der Waals surface area contributed by atoms with Crippen molar-refractivity contribution in [3.63, 3.8) is 0 Å². The Balaban J connectivity index is 0.00000512. The molecule has 15 nitrogen and oxygen atoms in total. The van der Waals surface area contributed by atoms with Crippen molar-refractivity contribution < 1.29 is 46.8 Å². The maximum atomic E-state index is 12.7. The number of nitrogen functional groups attached to an aromatic ring is 1. The van der Waals surface area contributed by atoms with Crippen LogP contribution < -0.4 is 11.1 Å². The van der Waals surface area contributed by atoms with Crippen molar-refractivity contribution in [2.24, 2.45) is 5.16 Å². The van der Waals surface area contributed by atoms with Crippen LogP contribution in [0.2, 0.25) is 0 Å². The molecule has 0 unspecified atom stereocenters. The molecule has 2 amide bonds. The molecule has 0 saturated carbocycles. The van der Waals surface area contributed by atoms with E-state index < -0.39 is 57.5 Å². The number of carbonyl (C=O) groups excluding carboxylic acids is 3. The van der Waals surface area contributed by atoms with Gasteiger partial charge in [-0.1, -0.05) is 5.16 Å². The summed E-state index contributed by atoms with van der Waals surface area (Å²) in [5.41, 5.74) is 2.92. The molecular weight excluding hydrogens is 508 g/mol. The van der Waals surface area contributed by atoms with Gasteiger partial charge in [-0.2, -0.15) is 12.7 Å². The fourth-order valence-electron chi connectivity index (χ4n) is 2.22. The Labute approximate surface area is 235 Å². The molecule has 1 aliphatic heterocycles. The van der Waals surface area contributed by atoms with Gasteiger partial charge in [-0.05, 0) is 13.8 Å². The number of oxime groups is 1. The SMILES string of the molecule is COC(=O)[C@@H]1[C@@H](NC(=O)/C(=N\OC(C)(C)C(=O)O)c2csc(N)n2)C(=O)N1S(=O)(=O)O.[NaH].[NaH]. The molecule has 174 valence electrons. The number of nitrogens with two attached hydrogens (primary N) is 1. The third-order valence-corrected chi connectivity index (χ3v) is 5.47. The Morgan fingerprint density at radius 2 is 1.91 bits per heavy atom. The van der Waals surface area contributed by atoms with Crippen LogP contribution in [0.1, 0.15) is 19.5 Å². The number of aliphatic carboxylic acids is 1. The monoisotopic (exact) mass is 527 g/mol. The Morgan fingerprint density at radius 1 is 1.33 bits per heavy atom. The van der Waals surface area contributed by atoms with Crippen molar-refractivity contribution in [2.75, 3.05) is 12.8 Å². The van der Waals surface area contributed by atoms with Gasteiger partial charge in [-0.25, -0.2) is 14.6 Å². The number of hydrogen-bond donors (Lipinski definition) is 4. The average molecular weight is 527 g/mol. The number of carboxylic acid groups (broad SMARTS) is 1. The van der Waals surface area contributed by atoms with Gasteiger partial charge in [0.15, 0.2) is 16.9 Å². The minimum atomic E-state index is -5.11.